The van der Waals surface area contributed by atoms with Gasteiger partial charge in [0.05, 0.1) is 13.2 Å². The van der Waals surface area contributed by atoms with Crippen LogP contribution >= 0.6 is 23.1 Å². The third kappa shape index (κ3) is 2.95. The van der Waals surface area contributed by atoms with Crippen LogP contribution in [0.15, 0.2) is 23.1 Å². The van der Waals surface area contributed by atoms with Gasteiger partial charge in [0, 0.05) is 6.08 Å². The van der Waals surface area contributed by atoms with Gasteiger partial charge in [0.1, 0.15) is 17.0 Å². The van der Waals surface area contributed by atoms with Crippen LogP contribution in [0, 0.1) is 0 Å². The molecule has 102 valence electrons. The molecule has 0 saturated carbocycles. The summed E-state index contributed by atoms with van der Waals surface area (Å²) >= 11 is 3.68. The molecular weight excluding hydrogens is 274 g/mol. The van der Waals surface area contributed by atoms with Crippen LogP contribution in [0.2, 0.25) is 0 Å². The Bertz CT molecular complexity index is 595. The lowest BCUT2D eigenvalue weighted by Crippen LogP contribution is -2.33. The Balaban J connectivity index is 2.59. The molecule has 0 unspecified atom stereocenters. The summed E-state index contributed by atoms with van der Waals surface area (Å²) in [7, 11) is 1.72. The normalized spacial score (nSPS) is 12.1. The quantitative estimate of drug-likeness (QED) is 0.761. The molecule has 0 saturated heterocycles. The highest BCUT2D eigenvalue weighted by molar-refractivity contribution is 8.02. The summed E-state index contributed by atoms with van der Waals surface area (Å²) in [5.41, 5.74) is 1.26. The van der Waals surface area contributed by atoms with E-state index in [0.29, 0.717) is 0 Å². The van der Waals surface area contributed by atoms with E-state index in [1.807, 2.05) is 29.2 Å². The number of benzene rings is 1. The maximum atomic E-state index is 5.33. The van der Waals surface area contributed by atoms with Gasteiger partial charge in [0.2, 0.25) is 5.52 Å². The Labute approximate surface area is 123 Å². The van der Waals surface area contributed by atoms with Gasteiger partial charge in [-0.15, -0.1) is 11.8 Å². The van der Waals surface area contributed by atoms with Crippen LogP contribution in [-0.2, 0) is 6.54 Å². The Morgan fingerprint density at radius 3 is 2.79 bits per heavy atom. The second-order valence-corrected chi connectivity index (χ2v) is 6.18. The van der Waals surface area contributed by atoms with Crippen LogP contribution < -0.4 is 9.30 Å². The molecule has 0 aliphatic heterocycles. The van der Waals surface area contributed by atoms with Crippen molar-refractivity contribution in [2.75, 3.05) is 13.4 Å². The van der Waals surface area contributed by atoms with E-state index >= 15 is 0 Å². The molecular formula is C15H20NOS2+. The molecule has 2 rings (SSSR count). The first kappa shape index (κ1) is 14.4. The van der Waals surface area contributed by atoms with Crippen LogP contribution in [0.5, 0.6) is 5.75 Å². The van der Waals surface area contributed by atoms with Crippen molar-refractivity contribution in [2.24, 2.45) is 0 Å². The highest BCUT2D eigenvalue weighted by atomic mass is 32.2. The highest BCUT2D eigenvalue weighted by Crippen LogP contribution is 2.28. The second kappa shape index (κ2) is 6.44. The minimum absolute atomic E-state index is 0.920. The van der Waals surface area contributed by atoms with Gasteiger partial charge >= 0.3 is 0 Å². The predicted molar refractivity (Wildman–Crippen MR) is 86.0 cm³/mol. The number of rotatable bonds is 5. The third-order valence-electron chi connectivity index (χ3n) is 3.15. The number of aryl methyl sites for hydroxylation is 1. The topological polar surface area (TPSA) is 13.1 Å². The Morgan fingerprint density at radius 1 is 1.42 bits per heavy atom. The number of allylic oxidation sites excluding steroid dienone is 1. The number of fused-ring (bicyclic) bond motifs is 1. The van der Waals surface area contributed by atoms with Crippen molar-refractivity contribution in [2.45, 2.75) is 26.8 Å². The summed E-state index contributed by atoms with van der Waals surface area (Å²) in [6.07, 6.45) is 5.54. The molecule has 2 nitrogen and oxygen atoms in total. The molecule has 0 radical (unpaired) electrons. The van der Waals surface area contributed by atoms with Crippen molar-refractivity contribution < 1.29 is 9.30 Å². The first-order valence-corrected chi connectivity index (χ1v) is 8.52. The molecule has 1 aromatic heterocycles. The lowest BCUT2D eigenvalue weighted by Gasteiger charge is -1.98. The van der Waals surface area contributed by atoms with E-state index in [1.165, 1.54) is 20.1 Å². The fraction of sp³-hybridized carbons (Fsp3) is 0.400. The molecule has 0 bridgehead atoms. The molecule has 4 heteroatoms. The lowest BCUT2D eigenvalue weighted by atomic mass is 10.3. The van der Waals surface area contributed by atoms with Crippen LogP contribution in [0.3, 0.4) is 0 Å². The van der Waals surface area contributed by atoms with Crippen molar-refractivity contribution >= 4 is 39.4 Å². The maximum absolute atomic E-state index is 5.33. The number of aromatic nitrogens is 1. The summed E-state index contributed by atoms with van der Waals surface area (Å²) in [6, 6.07) is 6.30. The van der Waals surface area contributed by atoms with E-state index in [4.69, 9.17) is 4.74 Å². The standard InChI is InChI=1S/C15H20NOS2/c1-5-12(18-4)10-15-16(6-2)13-9-11(17-3)7-8-14(13)19-15/h7-10H,5-6H2,1-4H3/q+1/b12-10-. The lowest BCUT2D eigenvalue weighted by molar-refractivity contribution is -0.665. The molecule has 1 aromatic carbocycles. The van der Waals surface area contributed by atoms with E-state index in [1.54, 1.807) is 7.11 Å². The van der Waals surface area contributed by atoms with Crippen LogP contribution in [-0.4, -0.2) is 13.4 Å². The van der Waals surface area contributed by atoms with Gasteiger partial charge in [-0.25, -0.2) is 0 Å². The van der Waals surface area contributed by atoms with Crippen LogP contribution in [0.4, 0.5) is 0 Å². The first-order chi connectivity index (χ1) is 9.23. The Morgan fingerprint density at radius 2 is 2.21 bits per heavy atom. The molecule has 0 amide bonds. The predicted octanol–water partition coefficient (Wildman–Crippen LogP) is 4.33. The van der Waals surface area contributed by atoms with E-state index in [-0.39, 0.29) is 0 Å². The summed E-state index contributed by atoms with van der Waals surface area (Å²) in [5, 5.41) is 1.32. The fourth-order valence-electron chi connectivity index (χ4n) is 2.08. The van der Waals surface area contributed by atoms with E-state index < -0.39 is 0 Å². The van der Waals surface area contributed by atoms with Crippen molar-refractivity contribution in [3.8, 4) is 5.75 Å². The van der Waals surface area contributed by atoms with Gasteiger partial charge in [0.15, 0.2) is 0 Å². The summed E-state index contributed by atoms with van der Waals surface area (Å²) in [5.74, 6) is 0.920. The molecule has 0 aliphatic carbocycles. The Hall–Kier alpha value is -1.000. The summed E-state index contributed by atoms with van der Waals surface area (Å²) < 4.78 is 8.99. The maximum Gasteiger partial charge on any atom is 0.263 e. The third-order valence-corrected chi connectivity index (χ3v) is 5.19. The molecule has 0 fully saturated rings. The van der Waals surface area contributed by atoms with Gasteiger partial charge in [0.25, 0.3) is 5.01 Å². The number of thiazole rings is 1. The number of ether oxygens (including phenoxy) is 1. The van der Waals surface area contributed by atoms with Crippen LogP contribution in [0.1, 0.15) is 25.3 Å². The zero-order valence-corrected chi connectivity index (χ0v) is 13.5. The van der Waals surface area contributed by atoms with Gasteiger partial charge in [-0.2, -0.15) is 4.57 Å². The first-order valence-electron chi connectivity index (χ1n) is 6.48. The molecule has 0 N–H and O–H groups in total. The highest BCUT2D eigenvalue weighted by Gasteiger charge is 2.18. The zero-order chi connectivity index (χ0) is 13.8. The number of hydrogen-bond donors (Lipinski definition) is 0. The SMILES string of the molecule is CC/C(=C/c1sc2ccc(OC)cc2[n+]1CC)SC. The Kier molecular flexibility index (Phi) is 4.88. The van der Waals surface area contributed by atoms with Gasteiger partial charge in [-0.05, 0) is 36.6 Å². The van der Waals surface area contributed by atoms with Gasteiger partial charge in [-0.1, -0.05) is 18.3 Å². The number of nitrogens with zero attached hydrogens (tertiary/aromatic N) is 1. The molecule has 0 spiro atoms. The number of methoxy groups -OCH3 is 1. The molecule has 19 heavy (non-hydrogen) atoms. The summed E-state index contributed by atoms with van der Waals surface area (Å²) in [4.78, 5) is 1.42. The molecule has 0 atom stereocenters. The largest absolute Gasteiger partial charge is 0.497 e. The second-order valence-electron chi connectivity index (χ2n) is 4.19. The average Bonchev–Trinajstić information content (AvgIpc) is 2.80. The van der Waals surface area contributed by atoms with Gasteiger partial charge < -0.3 is 4.74 Å². The van der Waals surface area contributed by atoms with E-state index in [9.17, 15) is 0 Å². The minimum atomic E-state index is 0.920. The number of hydrogen-bond acceptors (Lipinski definition) is 3. The monoisotopic (exact) mass is 294 g/mol. The van der Waals surface area contributed by atoms with Gasteiger partial charge in [-0.3, -0.25) is 0 Å². The minimum Gasteiger partial charge on any atom is -0.497 e. The van der Waals surface area contributed by atoms with Crippen molar-refractivity contribution in [1.82, 2.24) is 0 Å². The summed E-state index contributed by atoms with van der Waals surface area (Å²) in [6.45, 7) is 5.37. The van der Waals surface area contributed by atoms with Crippen molar-refractivity contribution in [3.63, 3.8) is 0 Å². The van der Waals surface area contributed by atoms with E-state index in [2.05, 4.69) is 42.9 Å². The zero-order valence-electron chi connectivity index (χ0n) is 11.9. The average molecular weight is 294 g/mol. The smallest absolute Gasteiger partial charge is 0.263 e. The van der Waals surface area contributed by atoms with Crippen molar-refractivity contribution in [1.29, 1.82) is 0 Å². The van der Waals surface area contributed by atoms with Crippen LogP contribution in [0.25, 0.3) is 16.3 Å². The van der Waals surface area contributed by atoms with E-state index in [0.717, 1.165) is 18.7 Å². The fourth-order valence-corrected chi connectivity index (χ4v) is 3.85. The number of thioether (sulfide) groups is 1. The van der Waals surface area contributed by atoms with Crippen molar-refractivity contribution in [3.05, 3.63) is 28.1 Å². The molecule has 0 aliphatic rings. The molecule has 2 aromatic rings. The molecule has 1 heterocycles.